The lowest BCUT2D eigenvalue weighted by molar-refractivity contribution is -0.153. The van der Waals surface area contributed by atoms with Crippen molar-refractivity contribution in [1.82, 2.24) is 10.2 Å². The van der Waals surface area contributed by atoms with Crippen LogP contribution >= 0.6 is 0 Å². The van der Waals surface area contributed by atoms with Gasteiger partial charge in [0.2, 0.25) is 5.91 Å². The van der Waals surface area contributed by atoms with Crippen LogP contribution in [0.3, 0.4) is 0 Å². The molecule has 114 valence electrons. The number of carboxylic acids is 1. The van der Waals surface area contributed by atoms with Gasteiger partial charge < -0.3 is 15.2 Å². The summed E-state index contributed by atoms with van der Waals surface area (Å²) in [6, 6.07) is 0.164. The van der Waals surface area contributed by atoms with Crippen molar-refractivity contribution in [3.63, 3.8) is 0 Å². The molecule has 0 aromatic carbocycles. The molecule has 0 aromatic heterocycles. The van der Waals surface area contributed by atoms with E-state index in [1.54, 1.807) is 11.8 Å². The molecule has 1 amide bonds. The van der Waals surface area contributed by atoms with Gasteiger partial charge >= 0.3 is 5.97 Å². The Kier molecular flexibility index (Phi) is 4.99. The number of aliphatic carboxylic acids is 1. The molecule has 1 unspecified atom stereocenters. The Bertz CT molecular complexity index is 368. The van der Waals surface area contributed by atoms with Crippen LogP contribution in [0, 0.1) is 0 Å². The summed E-state index contributed by atoms with van der Waals surface area (Å²) in [4.78, 5) is 25.4. The van der Waals surface area contributed by atoms with Crippen molar-refractivity contribution in [2.24, 2.45) is 0 Å². The van der Waals surface area contributed by atoms with Crippen LogP contribution < -0.4 is 5.32 Å². The largest absolute Gasteiger partial charge is 0.480 e. The van der Waals surface area contributed by atoms with Crippen molar-refractivity contribution in [2.45, 2.75) is 50.6 Å². The second kappa shape index (κ2) is 6.54. The maximum atomic E-state index is 12.1. The summed E-state index contributed by atoms with van der Waals surface area (Å²) < 4.78 is 5.26. The van der Waals surface area contributed by atoms with Gasteiger partial charge in [-0.2, -0.15) is 0 Å². The summed E-state index contributed by atoms with van der Waals surface area (Å²) in [5, 5.41) is 12.4. The standard InChI is InChI=1S/C14H24N2O4/c1-14(13(18)19)6-2-3-7-16(14)10-12(17)15-11-4-8-20-9-5-11/h11H,2-10H2,1H3,(H,15,17)(H,18,19). The molecule has 2 heterocycles. The lowest BCUT2D eigenvalue weighted by Crippen LogP contribution is -2.58. The molecule has 0 spiro atoms. The second-order valence-corrected chi connectivity index (χ2v) is 5.91. The number of ether oxygens (including phenoxy) is 1. The van der Waals surface area contributed by atoms with Crippen molar-refractivity contribution < 1.29 is 19.4 Å². The first-order valence-corrected chi connectivity index (χ1v) is 7.38. The van der Waals surface area contributed by atoms with Crippen molar-refractivity contribution in [2.75, 3.05) is 26.3 Å². The Morgan fingerprint density at radius 3 is 2.70 bits per heavy atom. The maximum Gasteiger partial charge on any atom is 0.323 e. The molecule has 2 aliphatic rings. The quantitative estimate of drug-likeness (QED) is 0.791. The lowest BCUT2D eigenvalue weighted by Gasteiger charge is -2.41. The van der Waals surface area contributed by atoms with Gasteiger partial charge in [-0.1, -0.05) is 0 Å². The Labute approximate surface area is 119 Å². The molecule has 1 atom stereocenters. The fourth-order valence-corrected chi connectivity index (χ4v) is 2.96. The third kappa shape index (κ3) is 3.49. The SMILES string of the molecule is CC1(C(=O)O)CCCCN1CC(=O)NC1CCOCC1. The van der Waals surface area contributed by atoms with E-state index in [2.05, 4.69) is 5.32 Å². The van der Waals surface area contributed by atoms with E-state index in [0.717, 1.165) is 25.7 Å². The first-order chi connectivity index (χ1) is 9.52. The van der Waals surface area contributed by atoms with E-state index < -0.39 is 11.5 Å². The molecule has 0 aliphatic carbocycles. The summed E-state index contributed by atoms with van der Waals surface area (Å²) >= 11 is 0. The van der Waals surface area contributed by atoms with Crippen molar-refractivity contribution in [1.29, 1.82) is 0 Å². The molecule has 2 N–H and O–H groups in total. The number of rotatable bonds is 4. The zero-order valence-corrected chi connectivity index (χ0v) is 12.1. The molecule has 0 aromatic rings. The predicted octanol–water partition coefficient (Wildman–Crippen LogP) is 0.611. The first-order valence-electron chi connectivity index (χ1n) is 7.38. The van der Waals surface area contributed by atoms with Crippen LogP contribution in [0.2, 0.25) is 0 Å². The van der Waals surface area contributed by atoms with Gasteiger partial charge in [0, 0.05) is 19.3 Å². The summed E-state index contributed by atoms with van der Waals surface area (Å²) in [6.45, 7) is 3.92. The molecule has 2 rings (SSSR count). The van der Waals surface area contributed by atoms with Crippen LogP contribution in [0.1, 0.15) is 39.0 Å². The highest BCUT2D eigenvalue weighted by Crippen LogP contribution is 2.27. The van der Waals surface area contributed by atoms with Crippen LogP contribution in [0.5, 0.6) is 0 Å². The number of carboxylic acid groups (broad SMARTS) is 1. The Morgan fingerprint density at radius 1 is 1.35 bits per heavy atom. The van der Waals surface area contributed by atoms with Gasteiger partial charge in [-0.3, -0.25) is 14.5 Å². The molecule has 2 aliphatic heterocycles. The Balaban J connectivity index is 1.89. The number of carbonyl (C=O) groups excluding carboxylic acids is 1. The fraction of sp³-hybridized carbons (Fsp3) is 0.857. The van der Waals surface area contributed by atoms with Gasteiger partial charge in [-0.25, -0.2) is 0 Å². The zero-order valence-electron chi connectivity index (χ0n) is 12.1. The highest BCUT2D eigenvalue weighted by Gasteiger charge is 2.42. The number of carbonyl (C=O) groups is 2. The average Bonchev–Trinajstić information content (AvgIpc) is 2.42. The number of nitrogens with one attached hydrogen (secondary N) is 1. The molecule has 0 radical (unpaired) electrons. The van der Waals surface area contributed by atoms with E-state index in [-0.39, 0.29) is 18.5 Å². The molecular weight excluding hydrogens is 260 g/mol. The van der Waals surface area contributed by atoms with Crippen molar-refractivity contribution in [3.05, 3.63) is 0 Å². The number of nitrogens with zero attached hydrogens (tertiary/aromatic N) is 1. The second-order valence-electron chi connectivity index (χ2n) is 5.91. The minimum Gasteiger partial charge on any atom is -0.480 e. The van der Waals surface area contributed by atoms with Gasteiger partial charge in [0.1, 0.15) is 5.54 Å². The van der Waals surface area contributed by atoms with Gasteiger partial charge in [-0.05, 0) is 45.6 Å². The van der Waals surface area contributed by atoms with Crippen LogP contribution in [0.25, 0.3) is 0 Å². The molecule has 2 fully saturated rings. The molecule has 20 heavy (non-hydrogen) atoms. The molecule has 0 saturated carbocycles. The third-order valence-corrected chi connectivity index (χ3v) is 4.42. The van der Waals surface area contributed by atoms with Gasteiger partial charge in [0.15, 0.2) is 0 Å². The lowest BCUT2D eigenvalue weighted by atomic mass is 9.88. The van der Waals surface area contributed by atoms with Crippen LogP contribution in [0.4, 0.5) is 0 Å². The monoisotopic (exact) mass is 284 g/mol. The number of hydrogen-bond acceptors (Lipinski definition) is 4. The maximum absolute atomic E-state index is 12.1. The third-order valence-electron chi connectivity index (χ3n) is 4.42. The van der Waals surface area contributed by atoms with Crippen molar-refractivity contribution >= 4 is 11.9 Å². The summed E-state index contributed by atoms with van der Waals surface area (Å²) in [5.74, 6) is -0.914. The van der Waals surface area contributed by atoms with Gasteiger partial charge in [-0.15, -0.1) is 0 Å². The smallest absolute Gasteiger partial charge is 0.323 e. The predicted molar refractivity (Wildman–Crippen MR) is 73.4 cm³/mol. The topological polar surface area (TPSA) is 78.9 Å². The van der Waals surface area contributed by atoms with E-state index in [1.165, 1.54) is 0 Å². The zero-order chi connectivity index (χ0) is 14.6. The molecule has 6 heteroatoms. The van der Waals surface area contributed by atoms with Gasteiger partial charge in [0.25, 0.3) is 0 Å². The molecule has 6 nitrogen and oxygen atoms in total. The highest BCUT2D eigenvalue weighted by atomic mass is 16.5. The first kappa shape index (κ1) is 15.3. The molecular formula is C14H24N2O4. The average molecular weight is 284 g/mol. The van der Waals surface area contributed by atoms with Crippen molar-refractivity contribution in [3.8, 4) is 0 Å². The minimum atomic E-state index is -0.911. The number of piperidine rings is 1. The van der Waals surface area contributed by atoms with E-state index in [1.807, 2.05) is 0 Å². The number of amides is 1. The number of hydrogen-bond donors (Lipinski definition) is 2. The summed E-state index contributed by atoms with van der Waals surface area (Å²) in [7, 11) is 0. The molecule has 0 bridgehead atoms. The number of likely N-dealkylation sites (tertiary alicyclic amines) is 1. The molecule has 2 saturated heterocycles. The van der Waals surface area contributed by atoms with E-state index in [0.29, 0.717) is 26.2 Å². The fourth-order valence-electron chi connectivity index (χ4n) is 2.96. The highest BCUT2D eigenvalue weighted by molar-refractivity contribution is 5.82. The van der Waals surface area contributed by atoms with Crippen LogP contribution in [-0.2, 0) is 14.3 Å². The summed E-state index contributed by atoms with van der Waals surface area (Å²) in [6.07, 6.45) is 4.13. The Morgan fingerprint density at radius 2 is 2.05 bits per heavy atom. The van der Waals surface area contributed by atoms with Crippen LogP contribution in [0.15, 0.2) is 0 Å². The summed E-state index contributed by atoms with van der Waals surface area (Å²) in [5.41, 5.74) is -0.911. The van der Waals surface area contributed by atoms with E-state index >= 15 is 0 Å². The minimum absolute atomic E-state index is 0.0775. The normalized spacial score (nSPS) is 29.1. The van der Waals surface area contributed by atoms with Gasteiger partial charge in [0.05, 0.1) is 6.54 Å². The Hall–Kier alpha value is -1.14. The van der Waals surface area contributed by atoms with Crippen LogP contribution in [-0.4, -0.2) is 59.8 Å². The van der Waals surface area contributed by atoms with E-state index in [9.17, 15) is 14.7 Å². The van der Waals surface area contributed by atoms with E-state index in [4.69, 9.17) is 4.74 Å².